The van der Waals surface area contributed by atoms with Gasteiger partial charge in [-0.05, 0) is 57.9 Å². The van der Waals surface area contributed by atoms with Crippen molar-refractivity contribution in [2.75, 3.05) is 5.32 Å². The third kappa shape index (κ3) is 5.52. The molecule has 25 heavy (non-hydrogen) atoms. The predicted molar refractivity (Wildman–Crippen MR) is 101 cm³/mol. The second kappa shape index (κ2) is 8.56. The lowest BCUT2D eigenvalue weighted by atomic mass is 10.1. The van der Waals surface area contributed by atoms with Crippen LogP contribution in [0.15, 0.2) is 42.5 Å². The molecule has 1 amide bonds. The van der Waals surface area contributed by atoms with Gasteiger partial charge in [0.05, 0.1) is 6.10 Å². The molecule has 0 aliphatic rings. The van der Waals surface area contributed by atoms with E-state index >= 15 is 0 Å². The van der Waals surface area contributed by atoms with Crippen LogP contribution in [0.25, 0.3) is 0 Å². The fourth-order valence-corrected chi connectivity index (χ4v) is 2.55. The summed E-state index contributed by atoms with van der Waals surface area (Å²) in [5.74, 6) is 1.31. The second-order valence-electron chi connectivity index (χ2n) is 6.47. The molecule has 134 valence electrons. The minimum Gasteiger partial charge on any atom is -0.491 e. The summed E-state index contributed by atoms with van der Waals surface area (Å²) < 4.78 is 11.6. The van der Waals surface area contributed by atoms with Crippen LogP contribution in [0.4, 0.5) is 5.69 Å². The number of carbonyl (C=O) groups is 1. The van der Waals surface area contributed by atoms with Crippen LogP contribution in [-0.2, 0) is 4.79 Å². The molecule has 2 rings (SSSR count). The lowest BCUT2D eigenvalue weighted by Gasteiger charge is -2.19. The summed E-state index contributed by atoms with van der Waals surface area (Å²) in [7, 11) is 0. The van der Waals surface area contributed by atoms with Crippen molar-refractivity contribution in [3.8, 4) is 11.5 Å². The van der Waals surface area contributed by atoms with Crippen molar-refractivity contribution in [1.82, 2.24) is 0 Å². The van der Waals surface area contributed by atoms with Crippen LogP contribution in [0.5, 0.6) is 11.5 Å². The van der Waals surface area contributed by atoms with E-state index in [9.17, 15) is 4.79 Å². The number of hydrogen-bond acceptors (Lipinski definition) is 3. The average molecular weight is 341 g/mol. The lowest BCUT2D eigenvalue weighted by molar-refractivity contribution is -0.122. The van der Waals surface area contributed by atoms with Crippen molar-refractivity contribution < 1.29 is 14.3 Å². The molecule has 0 unspecified atom stereocenters. The van der Waals surface area contributed by atoms with E-state index in [0.29, 0.717) is 12.1 Å². The van der Waals surface area contributed by atoms with Gasteiger partial charge in [-0.15, -0.1) is 0 Å². The molecule has 0 spiro atoms. The Labute approximate surface area is 150 Å². The largest absolute Gasteiger partial charge is 0.491 e. The molecule has 0 heterocycles. The van der Waals surface area contributed by atoms with Crippen molar-refractivity contribution in [2.24, 2.45) is 0 Å². The third-order valence-corrected chi connectivity index (χ3v) is 3.74. The topological polar surface area (TPSA) is 47.6 Å². The highest BCUT2D eigenvalue weighted by molar-refractivity contribution is 5.94. The molecule has 1 N–H and O–H groups in total. The maximum absolute atomic E-state index is 12.6. The number of nitrogens with one attached hydrogen (secondary N) is 1. The molecule has 0 fully saturated rings. The van der Waals surface area contributed by atoms with Crippen molar-refractivity contribution in [2.45, 2.75) is 53.2 Å². The van der Waals surface area contributed by atoms with Gasteiger partial charge in [0.1, 0.15) is 11.5 Å². The van der Waals surface area contributed by atoms with Gasteiger partial charge in [-0.2, -0.15) is 0 Å². The monoisotopic (exact) mass is 341 g/mol. The Morgan fingerprint density at radius 2 is 1.84 bits per heavy atom. The lowest BCUT2D eigenvalue weighted by Crippen LogP contribution is -2.32. The highest BCUT2D eigenvalue weighted by atomic mass is 16.5. The molecule has 0 saturated heterocycles. The first-order chi connectivity index (χ1) is 11.9. The molecular formula is C21H27NO3. The van der Waals surface area contributed by atoms with Gasteiger partial charge >= 0.3 is 0 Å². The van der Waals surface area contributed by atoms with E-state index in [1.807, 2.05) is 77.1 Å². The minimum atomic E-state index is -0.545. The average Bonchev–Trinajstić information content (AvgIpc) is 2.53. The zero-order chi connectivity index (χ0) is 18.4. The first kappa shape index (κ1) is 18.8. The van der Waals surface area contributed by atoms with E-state index < -0.39 is 6.10 Å². The number of benzene rings is 2. The summed E-state index contributed by atoms with van der Waals surface area (Å²) in [6.07, 6.45) is 0.125. The minimum absolute atomic E-state index is 0.0854. The molecule has 2 aromatic carbocycles. The molecule has 4 nitrogen and oxygen atoms in total. The summed E-state index contributed by atoms with van der Waals surface area (Å²) in [5, 5.41) is 2.91. The van der Waals surface area contributed by atoms with Crippen LogP contribution < -0.4 is 14.8 Å². The van der Waals surface area contributed by atoms with Gasteiger partial charge in [0, 0.05) is 11.8 Å². The zero-order valence-corrected chi connectivity index (χ0v) is 15.6. The Bertz CT molecular complexity index is 725. The fraction of sp³-hybridized carbons (Fsp3) is 0.381. The molecule has 0 saturated carbocycles. The number of hydrogen-bond donors (Lipinski definition) is 1. The van der Waals surface area contributed by atoms with Crippen LogP contribution in [-0.4, -0.2) is 18.1 Å². The summed E-state index contributed by atoms with van der Waals surface area (Å²) >= 11 is 0. The van der Waals surface area contributed by atoms with Gasteiger partial charge in [0.15, 0.2) is 6.10 Å². The first-order valence-corrected chi connectivity index (χ1v) is 8.70. The van der Waals surface area contributed by atoms with E-state index in [4.69, 9.17) is 9.47 Å². The number of aryl methyl sites for hydroxylation is 2. The maximum Gasteiger partial charge on any atom is 0.265 e. The van der Waals surface area contributed by atoms with Crippen molar-refractivity contribution >= 4 is 11.6 Å². The Morgan fingerprint density at radius 1 is 1.08 bits per heavy atom. The van der Waals surface area contributed by atoms with Gasteiger partial charge < -0.3 is 14.8 Å². The second-order valence-corrected chi connectivity index (χ2v) is 6.47. The normalized spacial score (nSPS) is 11.9. The van der Waals surface area contributed by atoms with Gasteiger partial charge in [-0.25, -0.2) is 0 Å². The van der Waals surface area contributed by atoms with Gasteiger partial charge in [-0.3, -0.25) is 4.79 Å². The van der Waals surface area contributed by atoms with Crippen LogP contribution >= 0.6 is 0 Å². The Kier molecular flexibility index (Phi) is 6.45. The smallest absolute Gasteiger partial charge is 0.265 e. The summed E-state index contributed by atoms with van der Waals surface area (Å²) in [4.78, 5) is 12.6. The predicted octanol–water partition coefficient (Wildman–Crippen LogP) is 4.89. The van der Waals surface area contributed by atoms with Crippen LogP contribution in [0.1, 0.15) is 38.3 Å². The third-order valence-electron chi connectivity index (χ3n) is 3.74. The Morgan fingerprint density at radius 3 is 2.48 bits per heavy atom. The first-order valence-electron chi connectivity index (χ1n) is 8.70. The molecule has 2 aromatic rings. The summed E-state index contributed by atoms with van der Waals surface area (Å²) in [5.41, 5.74) is 2.90. The molecular weight excluding hydrogens is 314 g/mol. The fourth-order valence-electron chi connectivity index (χ4n) is 2.55. The van der Waals surface area contributed by atoms with Crippen molar-refractivity contribution in [1.29, 1.82) is 0 Å². The zero-order valence-electron chi connectivity index (χ0n) is 15.6. The molecule has 1 atom stereocenters. The Balaban J connectivity index is 2.07. The number of rotatable bonds is 7. The molecule has 0 aliphatic heterocycles. The quantitative estimate of drug-likeness (QED) is 0.780. The molecule has 0 aliphatic carbocycles. The number of amides is 1. The SMILES string of the molecule is CC[C@@H](Oc1ccc(C)cc1C)C(=O)Nc1cccc(OC(C)C)c1. The van der Waals surface area contributed by atoms with Gasteiger partial charge in [0.2, 0.25) is 0 Å². The molecule has 0 aromatic heterocycles. The summed E-state index contributed by atoms with van der Waals surface area (Å²) in [6.45, 7) is 9.89. The highest BCUT2D eigenvalue weighted by Crippen LogP contribution is 2.22. The van der Waals surface area contributed by atoms with Gasteiger partial charge in [0.25, 0.3) is 5.91 Å². The standard InChI is InChI=1S/C21H27NO3/c1-6-19(25-20-11-10-15(4)12-16(20)5)21(23)22-17-8-7-9-18(13-17)24-14(2)3/h7-14,19H,6H2,1-5H3,(H,22,23)/t19-/m1/s1. The number of ether oxygens (including phenoxy) is 2. The van der Waals surface area contributed by atoms with E-state index in [1.165, 1.54) is 5.56 Å². The van der Waals surface area contributed by atoms with Crippen LogP contribution in [0.3, 0.4) is 0 Å². The summed E-state index contributed by atoms with van der Waals surface area (Å²) in [6, 6.07) is 13.3. The van der Waals surface area contributed by atoms with E-state index in [2.05, 4.69) is 5.32 Å². The number of carbonyl (C=O) groups excluding carboxylic acids is 1. The molecule has 0 bridgehead atoms. The number of anilines is 1. The van der Waals surface area contributed by atoms with Crippen LogP contribution in [0.2, 0.25) is 0 Å². The molecule has 4 heteroatoms. The maximum atomic E-state index is 12.6. The van der Waals surface area contributed by atoms with E-state index in [-0.39, 0.29) is 12.0 Å². The van der Waals surface area contributed by atoms with Crippen molar-refractivity contribution in [3.63, 3.8) is 0 Å². The molecule has 0 radical (unpaired) electrons. The van der Waals surface area contributed by atoms with E-state index in [0.717, 1.165) is 17.1 Å². The van der Waals surface area contributed by atoms with Crippen molar-refractivity contribution in [3.05, 3.63) is 53.6 Å². The van der Waals surface area contributed by atoms with E-state index in [1.54, 1.807) is 0 Å². The highest BCUT2D eigenvalue weighted by Gasteiger charge is 2.19. The van der Waals surface area contributed by atoms with Gasteiger partial charge in [-0.1, -0.05) is 30.7 Å². The van der Waals surface area contributed by atoms with Crippen LogP contribution in [0, 0.1) is 13.8 Å². The Hall–Kier alpha value is -2.49.